The molecule has 0 saturated heterocycles. The fourth-order valence-electron chi connectivity index (χ4n) is 3.79. The van der Waals surface area contributed by atoms with E-state index in [-0.39, 0.29) is 11.7 Å². The molecular formula is C22H18IN3O3S. The van der Waals surface area contributed by atoms with E-state index in [9.17, 15) is 13.2 Å². The van der Waals surface area contributed by atoms with Crippen molar-refractivity contribution in [3.63, 3.8) is 0 Å². The van der Waals surface area contributed by atoms with Gasteiger partial charge in [-0.2, -0.15) is 0 Å². The molecule has 152 valence electrons. The molecule has 0 unspecified atom stereocenters. The van der Waals surface area contributed by atoms with Gasteiger partial charge in [0, 0.05) is 22.7 Å². The maximum Gasteiger partial charge on any atom is 0.260 e. The number of carbonyl (C=O) groups excluding carboxylic acids is 1. The molecule has 0 atom stereocenters. The van der Waals surface area contributed by atoms with E-state index in [0.29, 0.717) is 17.7 Å². The Labute approximate surface area is 183 Å². The topological polar surface area (TPSA) is 91.1 Å². The highest BCUT2D eigenvalue weighted by molar-refractivity contribution is 14.2. The molecule has 0 saturated carbocycles. The average molecular weight is 531 g/mol. The molecule has 0 fully saturated rings. The predicted molar refractivity (Wildman–Crippen MR) is 130 cm³/mol. The van der Waals surface area contributed by atoms with E-state index < -0.39 is 31.0 Å². The Bertz CT molecular complexity index is 1440. The second kappa shape index (κ2) is 7.51. The van der Waals surface area contributed by atoms with Crippen molar-refractivity contribution in [1.82, 2.24) is 8.51 Å². The molecule has 0 radical (unpaired) electrons. The summed E-state index contributed by atoms with van der Waals surface area (Å²) in [5.74, 6) is -0.213. The van der Waals surface area contributed by atoms with Gasteiger partial charge in [0.1, 0.15) is 0 Å². The Morgan fingerprint density at radius 2 is 1.87 bits per heavy atom. The molecular weight excluding hydrogens is 513 g/mol. The normalized spacial score (nSPS) is 13.7. The number of nitrogens with one attached hydrogen (secondary N) is 3. The third-order valence-corrected chi connectivity index (χ3v) is 8.23. The Kier molecular flexibility index (Phi) is 4.82. The van der Waals surface area contributed by atoms with Gasteiger partial charge in [0.05, 0.1) is 17.0 Å². The van der Waals surface area contributed by atoms with Gasteiger partial charge < -0.3 is 4.98 Å². The second-order valence-electron chi connectivity index (χ2n) is 7.14. The van der Waals surface area contributed by atoms with Crippen LogP contribution in [0, 0.1) is 0 Å². The van der Waals surface area contributed by atoms with Crippen LogP contribution in [0.2, 0.25) is 0 Å². The summed E-state index contributed by atoms with van der Waals surface area (Å²) in [6.07, 6.45) is 2.26. The van der Waals surface area contributed by atoms with Crippen LogP contribution < -0.4 is 8.25 Å². The summed E-state index contributed by atoms with van der Waals surface area (Å²) in [5.41, 5.74) is 3.60. The van der Waals surface area contributed by atoms with Gasteiger partial charge in [0.15, 0.2) is 0 Å². The first-order valence-electron chi connectivity index (χ1n) is 9.38. The van der Waals surface area contributed by atoms with Gasteiger partial charge in [-0.1, -0.05) is 42.5 Å². The Morgan fingerprint density at radius 1 is 1.03 bits per heavy atom. The zero-order valence-electron chi connectivity index (χ0n) is 15.8. The highest BCUT2D eigenvalue weighted by atomic mass is 127. The molecule has 8 heteroatoms. The van der Waals surface area contributed by atoms with Crippen molar-refractivity contribution >= 4 is 68.3 Å². The minimum Gasteiger partial charge on any atom is -0.360 e. The SMILES string of the molecule is O=C1NI=Cc2c[nH]c3cc(NS(=O)(=O)CCc4cccc5ccccc45)cc1c23. The second-order valence-corrected chi connectivity index (χ2v) is 10.8. The summed E-state index contributed by atoms with van der Waals surface area (Å²) < 4.78 is 33.2. The largest absolute Gasteiger partial charge is 0.360 e. The zero-order chi connectivity index (χ0) is 20.7. The van der Waals surface area contributed by atoms with Crippen LogP contribution in [-0.4, -0.2) is 29.1 Å². The molecule has 0 bridgehead atoms. The number of aryl methyl sites for hydroxylation is 1. The lowest BCUT2D eigenvalue weighted by molar-refractivity contribution is 0.0991. The molecule has 1 aliphatic rings. The van der Waals surface area contributed by atoms with Crippen LogP contribution in [0.25, 0.3) is 21.7 Å². The smallest absolute Gasteiger partial charge is 0.260 e. The maximum atomic E-state index is 12.8. The fourth-order valence-corrected chi connectivity index (χ4v) is 6.41. The van der Waals surface area contributed by atoms with E-state index in [1.165, 1.54) is 0 Å². The molecule has 1 aliphatic heterocycles. The highest BCUT2D eigenvalue weighted by Crippen LogP contribution is 2.29. The first-order chi connectivity index (χ1) is 14.5. The van der Waals surface area contributed by atoms with Crippen molar-refractivity contribution < 1.29 is 13.2 Å². The number of rotatable bonds is 5. The number of sulfonamides is 1. The first kappa shape index (κ1) is 19.3. The predicted octanol–water partition coefficient (Wildman–Crippen LogP) is 4.08. The number of amides is 1. The molecule has 6 nitrogen and oxygen atoms in total. The lowest BCUT2D eigenvalue weighted by Gasteiger charge is -2.11. The van der Waals surface area contributed by atoms with Gasteiger partial charge >= 0.3 is 0 Å². The maximum absolute atomic E-state index is 12.8. The lowest BCUT2D eigenvalue weighted by atomic mass is 10.0. The molecule has 4 aromatic rings. The number of H-pyrrole nitrogens is 1. The van der Waals surface area contributed by atoms with Crippen LogP contribution in [0.1, 0.15) is 21.5 Å². The number of hydrogen-bond acceptors (Lipinski definition) is 3. The quantitative estimate of drug-likeness (QED) is 0.268. The zero-order valence-corrected chi connectivity index (χ0v) is 18.8. The first-order valence-corrected chi connectivity index (χ1v) is 13.4. The summed E-state index contributed by atoms with van der Waals surface area (Å²) in [6, 6.07) is 17.2. The number of aromatic nitrogens is 1. The van der Waals surface area contributed by atoms with Crippen molar-refractivity contribution in [1.29, 1.82) is 0 Å². The molecule has 3 N–H and O–H groups in total. The van der Waals surface area contributed by atoms with Crippen molar-refractivity contribution in [2.24, 2.45) is 0 Å². The molecule has 0 spiro atoms. The van der Waals surface area contributed by atoms with Crippen LogP contribution >= 0.6 is 21.0 Å². The minimum atomic E-state index is -3.59. The summed E-state index contributed by atoms with van der Waals surface area (Å²) in [7, 11) is -3.59. The average Bonchev–Trinajstić information content (AvgIpc) is 3.06. The van der Waals surface area contributed by atoms with E-state index >= 15 is 0 Å². The number of aromatic amines is 1. The van der Waals surface area contributed by atoms with Gasteiger partial charge in [-0.3, -0.25) is 13.0 Å². The number of carbonyl (C=O) groups is 1. The van der Waals surface area contributed by atoms with Crippen LogP contribution in [0.15, 0.2) is 60.8 Å². The lowest BCUT2D eigenvalue weighted by Crippen LogP contribution is -2.19. The number of fused-ring (bicyclic) bond motifs is 1. The van der Waals surface area contributed by atoms with Gasteiger partial charge in [0.2, 0.25) is 10.0 Å². The molecule has 3 aromatic carbocycles. The summed E-state index contributed by atoms with van der Waals surface area (Å²) in [4.78, 5) is 15.6. The van der Waals surface area contributed by atoms with E-state index in [2.05, 4.69) is 13.2 Å². The Balaban J connectivity index is 1.42. The summed E-state index contributed by atoms with van der Waals surface area (Å²) in [6.45, 7) is 0. The van der Waals surface area contributed by atoms with Crippen molar-refractivity contribution in [3.05, 3.63) is 77.5 Å². The molecule has 30 heavy (non-hydrogen) atoms. The monoisotopic (exact) mass is 531 g/mol. The standard InChI is InChI=1S/C22H18IN3O3S/c27-22-19-10-17(11-20-21(19)16(13-24-20)12-23-25-22)26-30(28,29)9-8-15-6-3-5-14-4-1-2-7-18(14)15/h1-7,10-13,24,26H,8-9H2,(H,25,27). The van der Waals surface area contributed by atoms with E-state index in [0.717, 1.165) is 32.8 Å². The third-order valence-electron chi connectivity index (χ3n) is 5.16. The Morgan fingerprint density at radius 3 is 2.77 bits per heavy atom. The summed E-state index contributed by atoms with van der Waals surface area (Å²) in [5, 5.41) is 2.99. The van der Waals surface area contributed by atoms with E-state index in [4.69, 9.17) is 0 Å². The Hall–Kier alpha value is -2.72. The summed E-state index contributed by atoms with van der Waals surface area (Å²) >= 11 is -0.571. The van der Waals surface area contributed by atoms with Gasteiger partial charge in [-0.25, -0.2) is 8.42 Å². The van der Waals surface area contributed by atoms with Crippen LogP contribution in [-0.2, 0) is 16.4 Å². The van der Waals surface area contributed by atoms with Crippen molar-refractivity contribution in [3.8, 4) is 0 Å². The highest BCUT2D eigenvalue weighted by Gasteiger charge is 2.19. The minimum absolute atomic E-state index is 0.0458. The van der Waals surface area contributed by atoms with Gasteiger partial charge in [-0.15, -0.1) is 0 Å². The van der Waals surface area contributed by atoms with Crippen LogP contribution in [0.5, 0.6) is 0 Å². The van der Waals surface area contributed by atoms with Crippen LogP contribution in [0.4, 0.5) is 5.69 Å². The molecule has 2 heterocycles. The number of anilines is 1. The number of halogens is 1. The molecule has 1 aromatic heterocycles. The fraction of sp³-hybridized carbons (Fsp3) is 0.0909. The molecule has 0 aliphatic carbocycles. The van der Waals surface area contributed by atoms with E-state index in [1.807, 2.05) is 52.7 Å². The molecule has 1 amide bonds. The van der Waals surface area contributed by atoms with Crippen molar-refractivity contribution in [2.75, 3.05) is 10.5 Å². The molecule has 5 rings (SSSR count). The van der Waals surface area contributed by atoms with Crippen molar-refractivity contribution in [2.45, 2.75) is 6.42 Å². The van der Waals surface area contributed by atoms with Crippen LogP contribution in [0.3, 0.4) is 0 Å². The number of benzene rings is 3. The third kappa shape index (κ3) is 3.61. The van der Waals surface area contributed by atoms with E-state index in [1.54, 1.807) is 12.1 Å². The van der Waals surface area contributed by atoms with Gasteiger partial charge in [0.25, 0.3) is 5.91 Å². The number of hydrogen-bond donors (Lipinski definition) is 3. The van der Waals surface area contributed by atoms with Gasteiger partial charge in [-0.05, 0) is 59.9 Å².